The second-order valence-corrected chi connectivity index (χ2v) is 11.9. The Balaban J connectivity index is 1.56. The summed E-state index contributed by atoms with van der Waals surface area (Å²) in [4.78, 5) is 16.0. The van der Waals surface area contributed by atoms with Crippen LogP contribution in [0.5, 0.6) is 0 Å². The summed E-state index contributed by atoms with van der Waals surface area (Å²) in [7, 11) is -3.23. The molecule has 5 aliphatic rings. The van der Waals surface area contributed by atoms with Gasteiger partial charge >= 0.3 is 0 Å². The summed E-state index contributed by atoms with van der Waals surface area (Å²) >= 11 is 0. The van der Waals surface area contributed by atoms with Gasteiger partial charge in [-0.1, -0.05) is 6.07 Å². The Labute approximate surface area is 167 Å². The molecule has 4 aliphatic carbocycles. The average Bonchev–Trinajstić information content (AvgIpc) is 2.92. The van der Waals surface area contributed by atoms with E-state index in [4.69, 9.17) is 0 Å². The first-order valence-corrected chi connectivity index (χ1v) is 12.3. The fourth-order valence-electron chi connectivity index (χ4n) is 6.90. The summed E-state index contributed by atoms with van der Waals surface area (Å²) in [6, 6.07) is 5.76. The van der Waals surface area contributed by atoms with Crippen LogP contribution in [0.4, 0.5) is 5.69 Å². The number of nitrogens with zero attached hydrogens (tertiary/aromatic N) is 1. The Morgan fingerprint density at radius 1 is 0.964 bits per heavy atom. The number of amides is 1. The summed E-state index contributed by atoms with van der Waals surface area (Å²) in [6.07, 6.45) is 8.54. The Bertz CT molecular complexity index is 907. The molecule has 150 valence electrons. The summed E-state index contributed by atoms with van der Waals surface area (Å²) in [5.74, 6) is 2.21. The Hall–Kier alpha value is -1.62. The minimum atomic E-state index is -3.23. The number of anilines is 1. The van der Waals surface area contributed by atoms with Gasteiger partial charge in [0, 0.05) is 11.1 Å². The monoisotopic (exact) mass is 399 g/mol. The number of carbonyl (C=O) groups is 1. The highest BCUT2D eigenvalue weighted by Crippen LogP contribution is 2.61. The predicted molar refractivity (Wildman–Crippen MR) is 111 cm³/mol. The van der Waals surface area contributed by atoms with E-state index in [9.17, 15) is 13.2 Å². The van der Waals surface area contributed by atoms with Crippen LogP contribution >= 0.6 is 0 Å². The highest BCUT2D eigenvalue weighted by Gasteiger charge is 2.56. The molecule has 5 heteroatoms. The largest absolute Gasteiger partial charge is 0.304 e. The van der Waals surface area contributed by atoms with E-state index in [0.29, 0.717) is 17.8 Å². The van der Waals surface area contributed by atoms with Crippen molar-refractivity contribution in [3.63, 3.8) is 0 Å². The SMILES string of the molecule is Cc1cc(C)cc(N(C(=O)C23CC4CC(CC(C4)C2)C3)[C@H]2C=CS(=O)(=O)C2)c1. The van der Waals surface area contributed by atoms with Crippen molar-refractivity contribution >= 4 is 21.4 Å². The molecule has 1 aliphatic heterocycles. The van der Waals surface area contributed by atoms with Crippen molar-refractivity contribution in [2.75, 3.05) is 10.7 Å². The topological polar surface area (TPSA) is 54.5 Å². The molecule has 0 unspecified atom stereocenters. The molecule has 1 aromatic rings. The van der Waals surface area contributed by atoms with Crippen molar-refractivity contribution in [2.24, 2.45) is 23.2 Å². The number of rotatable bonds is 3. The van der Waals surface area contributed by atoms with E-state index >= 15 is 0 Å². The second kappa shape index (κ2) is 6.19. The van der Waals surface area contributed by atoms with Gasteiger partial charge in [0.1, 0.15) is 0 Å². The normalized spacial score (nSPS) is 37.4. The molecule has 0 spiro atoms. The van der Waals surface area contributed by atoms with Crippen LogP contribution in [-0.2, 0) is 14.6 Å². The minimum absolute atomic E-state index is 0.00189. The van der Waals surface area contributed by atoms with Gasteiger partial charge in [0.25, 0.3) is 0 Å². The molecule has 0 saturated heterocycles. The number of carbonyl (C=O) groups excluding carboxylic acids is 1. The smallest absolute Gasteiger partial charge is 0.233 e. The van der Waals surface area contributed by atoms with E-state index < -0.39 is 15.9 Å². The molecule has 1 aromatic carbocycles. The summed E-state index contributed by atoms with van der Waals surface area (Å²) < 4.78 is 24.3. The Morgan fingerprint density at radius 2 is 1.50 bits per heavy atom. The van der Waals surface area contributed by atoms with E-state index in [2.05, 4.69) is 6.07 Å². The van der Waals surface area contributed by atoms with E-state index in [1.54, 1.807) is 6.08 Å². The van der Waals surface area contributed by atoms with E-state index in [0.717, 1.165) is 36.1 Å². The molecule has 0 radical (unpaired) electrons. The van der Waals surface area contributed by atoms with Gasteiger partial charge < -0.3 is 4.90 Å². The van der Waals surface area contributed by atoms with Crippen LogP contribution in [0.1, 0.15) is 49.7 Å². The second-order valence-electron chi connectivity index (χ2n) is 9.94. The standard InChI is InChI=1S/C23H29NO3S/c1-15-5-16(2)7-21(6-15)24(20-3-4-28(26,27)14-20)22(25)23-11-17-8-18(12-23)10-19(9-17)13-23/h3-7,17-20H,8-14H2,1-2H3/t17?,18?,19?,20-,23?/m0/s1. The maximum atomic E-state index is 14.1. The lowest BCUT2D eigenvalue weighted by atomic mass is 9.49. The number of sulfone groups is 1. The molecule has 4 nitrogen and oxygen atoms in total. The molecule has 1 amide bonds. The molecule has 28 heavy (non-hydrogen) atoms. The lowest BCUT2D eigenvalue weighted by molar-refractivity contribution is -0.143. The summed E-state index contributed by atoms with van der Waals surface area (Å²) in [5.41, 5.74) is 2.77. The fraction of sp³-hybridized carbons (Fsp3) is 0.609. The van der Waals surface area contributed by atoms with Gasteiger partial charge in [0.15, 0.2) is 9.84 Å². The van der Waals surface area contributed by atoms with Crippen molar-refractivity contribution in [1.29, 1.82) is 0 Å². The maximum Gasteiger partial charge on any atom is 0.233 e. The first kappa shape index (κ1) is 18.4. The van der Waals surface area contributed by atoms with Crippen molar-refractivity contribution in [3.8, 4) is 0 Å². The first-order valence-electron chi connectivity index (χ1n) is 10.6. The average molecular weight is 400 g/mol. The molecule has 4 saturated carbocycles. The van der Waals surface area contributed by atoms with E-state index in [1.807, 2.05) is 30.9 Å². The van der Waals surface area contributed by atoms with E-state index in [1.165, 1.54) is 24.7 Å². The van der Waals surface area contributed by atoms with Crippen LogP contribution in [-0.4, -0.2) is 26.1 Å². The lowest BCUT2D eigenvalue weighted by Gasteiger charge is -2.57. The quantitative estimate of drug-likeness (QED) is 0.767. The number of aryl methyl sites for hydroxylation is 2. The molecule has 4 bridgehead atoms. The maximum absolute atomic E-state index is 14.1. The van der Waals surface area contributed by atoms with Gasteiger partial charge in [-0.2, -0.15) is 0 Å². The summed E-state index contributed by atoms with van der Waals surface area (Å²) in [5, 5.41) is 1.29. The first-order chi connectivity index (χ1) is 13.2. The highest BCUT2D eigenvalue weighted by molar-refractivity contribution is 7.94. The van der Waals surface area contributed by atoms with Gasteiger partial charge in [0.05, 0.1) is 17.2 Å². The van der Waals surface area contributed by atoms with Gasteiger partial charge in [-0.3, -0.25) is 4.79 Å². The molecule has 6 rings (SSSR count). The highest BCUT2D eigenvalue weighted by atomic mass is 32.2. The van der Waals surface area contributed by atoms with Crippen molar-refractivity contribution in [2.45, 2.75) is 58.4 Å². The molecular weight excluding hydrogens is 370 g/mol. The zero-order chi connectivity index (χ0) is 19.7. The fourth-order valence-corrected chi connectivity index (χ4v) is 8.17. The van der Waals surface area contributed by atoms with Gasteiger partial charge in [0.2, 0.25) is 5.91 Å². The zero-order valence-electron chi connectivity index (χ0n) is 16.7. The lowest BCUT2D eigenvalue weighted by Crippen LogP contribution is -2.57. The predicted octanol–water partition coefficient (Wildman–Crippen LogP) is 4.16. The van der Waals surface area contributed by atoms with Gasteiger partial charge in [-0.15, -0.1) is 0 Å². The molecule has 0 N–H and O–H groups in total. The zero-order valence-corrected chi connectivity index (χ0v) is 17.5. The van der Waals surface area contributed by atoms with Crippen LogP contribution in [0, 0.1) is 37.0 Å². The third-order valence-corrected chi connectivity index (χ3v) is 8.82. The van der Waals surface area contributed by atoms with Crippen molar-refractivity contribution in [3.05, 3.63) is 40.8 Å². The van der Waals surface area contributed by atoms with Crippen LogP contribution in [0.3, 0.4) is 0 Å². The van der Waals surface area contributed by atoms with Crippen molar-refractivity contribution < 1.29 is 13.2 Å². The molecule has 4 fully saturated rings. The van der Waals surface area contributed by atoms with Gasteiger partial charge in [-0.25, -0.2) is 8.42 Å². The third-order valence-electron chi connectivity index (χ3n) is 7.44. The summed E-state index contributed by atoms with van der Waals surface area (Å²) in [6.45, 7) is 4.07. The Morgan fingerprint density at radius 3 is 1.96 bits per heavy atom. The van der Waals surface area contributed by atoms with Gasteiger partial charge in [-0.05, 0) is 99.5 Å². The van der Waals surface area contributed by atoms with Crippen molar-refractivity contribution in [1.82, 2.24) is 0 Å². The molecule has 1 heterocycles. The van der Waals surface area contributed by atoms with Crippen LogP contribution < -0.4 is 4.90 Å². The molecule has 1 atom stereocenters. The van der Waals surface area contributed by atoms with E-state index in [-0.39, 0.29) is 17.1 Å². The number of hydrogen-bond acceptors (Lipinski definition) is 3. The minimum Gasteiger partial charge on any atom is -0.304 e. The number of hydrogen-bond donors (Lipinski definition) is 0. The molecular formula is C23H29NO3S. The van der Waals surface area contributed by atoms with Crippen LogP contribution in [0.15, 0.2) is 29.7 Å². The number of benzene rings is 1. The third kappa shape index (κ3) is 3.02. The Kier molecular flexibility index (Phi) is 4.07. The van der Waals surface area contributed by atoms with Crippen LogP contribution in [0.25, 0.3) is 0 Å². The molecule has 0 aromatic heterocycles. The van der Waals surface area contributed by atoms with Crippen LogP contribution in [0.2, 0.25) is 0 Å².